The van der Waals surface area contributed by atoms with Crippen molar-refractivity contribution in [1.29, 1.82) is 0 Å². The van der Waals surface area contributed by atoms with Gasteiger partial charge >= 0.3 is 0 Å². The lowest BCUT2D eigenvalue weighted by molar-refractivity contribution is 0.231. The van der Waals surface area contributed by atoms with Gasteiger partial charge in [-0.15, -0.1) is 0 Å². The fourth-order valence-corrected chi connectivity index (χ4v) is 2.09. The molecule has 0 heterocycles. The first-order valence-corrected chi connectivity index (χ1v) is 6.85. The molecule has 1 N–H and O–H groups in total. The van der Waals surface area contributed by atoms with E-state index in [0.717, 1.165) is 5.75 Å². The summed E-state index contributed by atoms with van der Waals surface area (Å²) in [5.41, 5.74) is 3.84. The Hall–Kier alpha value is -1.02. The van der Waals surface area contributed by atoms with Crippen LogP contribution in [0.2, 0.25) is 0 Å². The van der Waals surface area contributed by atoms with Crippen LogP contribution in [0.25, 0.3) is 0 Å². The molecule has 0 spiro atoms. The molecule has 0 aliphatic heterocycles. The van der Waals surface area contributed by atoms with Gasteiger partial charge in [-0.1, -0.05) is 45.4 Å². The molecule has 0 saturated heterocycles. The third kappa shape index (κ3) is 3.74. The van der Waals surface area contributed by atoms with Crippen LogP contribution in [0.15, 0.2) is 12.1 Å². The molecule has 0 saturated carbocycles. The van der Waals surface area contributed by atoms with Crippen LogP contribution in [0, 0.1) is 6.92 Å². The molecule has 0 fully saturated rings. The Morgan fingerprint density at radius 3 is 1.94 bits per heavy atom. The molecule has 102 valence electrons. The topological polar surface area (TPSA) is 29.5 Å². The number of ether oxygens (including phenoxy) is 1. The van der Waals surface area contributed by atoms with Gasteiger partial charge in [-0.25, -0.2) is 0 Å². The van der Waals surface area contributed by atoms with E-state index in [1.54, 1.807) is 0 Å². The van der Waals surface area contributed by atoms with Gasteiger partial charge in [-0.2, -0.15) is 0 Å². The van der Waals surface area contributed by atoms with Gasteiger partial charge in [0.05, 0.1) is 6.61 Å². The molecular weight excluding hydrogens is 224 g/mol. The van der Waals surface area contributed by atoms with Gasteiger partial charge in [0.1, 0.15) is 5.75 Å². The first kappa shape index (κ1) is 15.0. The average Bonchev–Trinajstić information content (AvgIpc) is 2.30. The molecular formula is C16H26O2. The van der Waals surface area contributed by atoms with Crippen molar-refractivity contribution in [3.05, 3.63) is 28.8 Å². The highest BCUT2D eigenvalue weighted by atomic mass is 16.5. The number of benzene rings is 1. The average molecular weight is 250 g/mol. The van der Waals surface area contributed by atoms with Gasteiger partial charge in [0.25, 0.3) is 0 Å². The first-order valence-electron chi connectivity index (χ1n) is 6.85. The van der Waals surface area contributed by atoms with Crippen molar-refractivity contribution < 1.29 is 9.84 Å². The van der Waals surface area contributed by atoms with E-state index in [9.17, 15) is 0 Å². The maximum atomic E-state index is 8.87. The molecule has 2 nitrogen and oxygen atoms in total. The molecule has 1 aromatic rings. The van der Waals surface area contributed by atoms with E-state index in [-0.39, 0.29) is 6.61 Å². The number of aliphatic hydroxyl groups is 1. The van der Waals surface area contributed by atoms with E-state index in [1.165, 1.54) is 16.7 Å². The standard InChI is InChI=1S/C16H26O2/c1-11(2)14-9-13(5)10-15(12(3)4)16(14)18-8-6-7-17/h9-12,17H,6-8H2,1-5H3. The van der Waals surface area contributed by atoms with E-state index in [4.69, 9.17) is 9.84 Å². The third-order valence-corrected chi connectivity index (χ3v) is 3.08. The zero-order valence-electron chi connectivity index (χ0n) is 12.3. The highest BCUT2D eigenvalue weighted by Crippen LogP contribution is 2.35. The van der Waals surface area contributed by atoms with Crippen LogP contribution in [-0.2, 0) is 0 Å². The van der Waals surface area contributed by atoms with Gasteiger partial charge < -0.3 is 9.84 Å². The molecule has 0 amide bonds. The number of hydrogen-bond acceptors (Lipinski definition) is 2. The van der Waals surface area contributed by atoms with Crippen molar-refractivity contribution >= 4 is 0 Å². The molecule has 2 heteroatoms. The molecule has 0 aliphatic rings. The fraction of sp³-hybridized carbons (Fsp3) is 0.625. The summed E-state index contributed by atoms with van der Waals surface area (Å²) in [6.45, 7) is 11.7. The summed E-state index contributed by atoms with van der Waals surface area (Å²) in [6.07, 6.45) is 0.683. The normalized spacial score (nSPS) is 11.3. The quantitative estimate of drug-likeness (QED) is 0.773. The van der Waals surface area contributed by atoms with Crippen molar-refractivity contribution in [3.63, 3.8) is 0 Å². The van der Waals surface area contributed by atoms with Gasteiger partial charge in [0.2, 0.25) is 0 Å². The summed E-state index contributed by atoms with van der Waals surface area (Å²) < 4.78 is 5.93. The van der Waals surface area contributed by atoms with Gasteiger partial charge in [0.15, 0.2) is 0 Å². The lowest BCUT2D eigenvalue weighted by Crippen LogP contribution is -2.07. The number of aliphatic hydroxyl groups excluding tert-OH is 1. The zero-order valence-corrected chi connectivity index (χ0v) is 12.3. The van der Waals surface area contributed by atoms with Crippen LogP contribution in [0.5, 0.6) is 5.75 Å². The highest BCUT2D eigenvalue weighted by Gasteiger charge is 2.16. The molecule has 1 aromatic carbocycles. The Morgan fingerprint density at radius 2 is 1.56 bits per heavy atom. The van der Waals surface area contributed by atoms with Crippen LogP contribution < -0.4 is 4.74 Å². The molecule has 1 rings (SSSR count). The van der Waals surface area contributed by atoms with Crippen molar-refractivity contribution in [3.8, 4) is 5.75 Å². The van der Waals surface area contributed by atoms with Crippen molar-refractivity contribution in [1.82, 2.24) is 0 Å². The summed E-state index contributed by atoms with van der Waals surface area (Å²) in [5.74, 6) is 1.93. The molecule has 0 atom stereocenters. The first-order chi connectivity index (χ1) is 8.47. The minimum absolute atomic E-state index is 0.180. The van der Waals surface area contributed by atoms with E-state index >= 15 is 0 Å². The van der Waals surface area contributed by atoms with Crippen LogP contribution in [-0.4, -0.2) is 18.3 Å². The zero-order chi connectivity index (χ0) is 13.7. The van der Waals surface area contributed by atoms with E-state index in [1.807, 2.05) is 0 Å². The van der Waals surface area contributed by atoms with Gasteiger partial charge in [-0.3, -0.25) is 0 Å². The van der Waals surface area contributed by atoms with E-state index in [2.05, 4.69) is 46.8 Å². The number of hydrogen-bond donors (Lipinski definition) is 1. The minimum atomic E-state index is 0.180. The van der Waals surface area contributed by atoms with Crippen molar-refractivity contribution in [2.24, 2.45) is 0 Å². The number of rotatable bonds is 6. The summed E-state index contributed by atoms with van der Waals surface area (Å²) in [7, 11) is 0. The Balaban J connectivity index is 3.14. The summed E-state index contributed by atoms with van der Waals surface area (Å²) in [6, 6.07) is 4.43. The van der Waals surface area contributed by atoms with Crippen LogP contribution >= 0.6 is 0 Å². The maximum absolute atomic E-state index is 8.87. The predicted molar refractivity (Wildman–Crippen MR) is 76.6 cm³/mol. The minimum Gasteiger partial charge on any atom is -0.493 e. The number of aryl methyl sites for hydroxylation is 1. The Bertz CT molecular complexity index is 352. The Labute approximate surface area is 111 Å². The predicted octanol–water partition coefficient (Wildman–Crippen LogP) is 4.00. The third-order valence-electron chi connectivity index (χ3n) is 3.08. The summed E-state index contributed by atoms with van der Waals surface area (Å²) in [4.78, 5) is 0. The molecule has 0 radical (unpaired) electrons. The molecule has 0 aromatic heterocycles. The largest absolute Gasteiger partial charge is 0.493 e. The SMILES string of the molecule is Cc1cc(C(C)C)c(OCCCO)c(C(C)C)c1. The van der Waals surface area contributed by atoms with E-state index in [0.29, 0.717) is 24.9 Å². The lowest BCUT2D eigenvalue weighted by Gasteiger charge is -2.21. The monoisotopic (exact) mass is 250 g/mol. The molecule has 0 bridgehead atoms. The molecule has 0 aliphatic carbocycles. The lowest BCUT2D eigenvalue weighted by atomic mass is 9.92. The summed E-state index contributed by atoms with van der Waals surface area (Å²) in [5, 5.41) is 8.87. The van der Waals surface area contributed by atoms with Gasteiger partial charge in [-0.05, 0) is 29.9 Å². The second-order valence-electron chi connectivity index (χ2n) is 5.51. The molecule has 0 unspecified atom stereocenters. The fourth-order valence-electron chi connectivity index (χ4n) is 2.09. The van der Waals surface area contributed by atoms with Gasteiger partial charge in [0, 0.05) is 13.0 Å². The molecule has 18 heavy (non-hydrogen) atoms. The van der Waals surface area contributed by atoms with Crippen LogP contribution in [0.3, 0.4) is 0 Å². The second kappa shape index (κ2) is 6.79. The Kier molecular flexibility index (Phi) is 5.67. The maximum Gasteiger partial charge on any atom is 0.126 e. The highest BCUT2D eigenvalue weighted by molar-refractivity contribution is 5.47. The summed E-state index contributed by atoms with van der Waals surface area (Å²) >= 11 is 0. The van der Waals surface area contributed by atoms with Crippen LogP contribution in [0.1, 0.15) is 62.6 Å². The van der Waals surface area contributed by atoms with Crippen LogP contribution in [0.4, 0.5) is 0 Å². The smallest absolute Gasteiger partial charge is 0.126 e. The second-order valence-corrected chi connectivity index (χ2v) is 5.51. The van der Waals surface area contributed by atoms with Crippen molar-refractivity contribution in [2.45, 2.75) is 52.9 Å². The Morgan fingerprint density at radius 1 is 1.06 bits per heavy atom. The van der Waals surface area contributed by atoms with E-state index < -0.39 is 0 Å². The van der Waals surface area contributed by atoms with Crippen molar-refractivity contribution in [2.75, 3.05) is 13.2 Å².